The number of carbonyl (C=O) groups is 1. The van der Waals surface area contributed by atoms with Gasteiger partial charge in [-0.25, -0.2) is 4.39 Å². The van der Waals surface area contributed by atoms with Crippen molar-refractivity contribution in [2.24, 2.45) is 0 Å². The van der Waals surface area contributed by atoms with Crippen molar-refractivity contribution in [1.29, 1.82) is 0 Å². The van der Waals surface area contributed by atoms with Gasteiger partial charge >= 0.3 is 0 Å². The molecule has 1 N–H and O–H groups in total. The van der Waals surface area contributed by atoms with Crippen LogP contribution in [0.5, 0.6) is 0 Å². The zero-order valence-electron chi connectivity index (χ0n) is 12.5. The van der Waals surface area contributed by atoms with Gasteiger partial charge in [-0.3, -0.25) is 14.4 Å². The third kappa shape index (κ3) is 3.17. The maximum absolute atomic E-state index is 13.0. The Hall–Kier alpha value is -2.21. The molecule has 0 radical (unpaired) electrons. The lowest BCUT2D eigenvalue weighted by Gasteiger charge is -2.33. The molecule has 6 heteroatoms. The first-order chi connectivity index (χ1) is 10.7. The minimum atomic E-state index is -0.224. The van der Waals surface area contributed by atoms with E-state index in [4.69, 9.17) is 0 Å². The highest BCUT2D eigenvalue weighted by molar-refractivity contribution is 5.76. The van der Waals surface area contributed by atoms with E-state index in [1.54, 1.807) is 25.4 Å². The molecule has 2 aromatic rings. The SMILES string of the molecule is CNC(=O)C[C@@H]1CN(Cc2ccc(F)cc2)Cc2ccnn21. The normalized spacial score (nSPS) is 18.0. The van der Waals surface area contributed by atoms with Crippen LogP contribution < -0.4 is 5.32 Å². The number of rotatable bonds is 4. The zero-order chi connectivity index (χ0) is 15.5. The maximum atomic E-state index is 13.0. The van der Waals surface area contributed by atoms with Crippen molar-refractivity contribution in [1.82, 2.24) is 20.0 Å². The summed E-state index contributed by atoms with van der Waals surface area (Å²) in [6, 6.07) is 8.56. The number of nitrogens with one attached hydrogen (secondary N) is 1. The second kappa shape index (κ2) is 6.27. The first kappa shape index (κ1) is 14.7. The number of benzene rings is 1. The van der Waals surface area contributed by atoms with Gasteiger partial charge in [0.15, 0.2) is 0 Å². The molecule has 0 saturated carbocycles. The quantitative estimate of drug-likeness (QED) is 0.935. The van der Waals surface area contributed by atoms with Crippen molar-refractivity contribution < 1.29 is 9.18 Å². The molecule has 1 aliphatic heterocycles. The predicted octanol–water partition coefficient (Wildman–Crippen LogP) is 1.72. The van der Waals surface area contributed by atoms with Crippen LogP contribution in [0.25, 0.3) is 0 Å². The lowest BCUT2D eigenvalue weighted by Crippen LogP contribution is -2.39. The molecule has 0 aliphatic carbocycles. The Labute approximate surface area is 128 Å². The van der Waals surface area contributed by atoms with Gasteiger partial charge in [0.1, 0.15) is 5.82 Å². The summed E-state index contributed by atoms with van der Waals surface area (Å²) in [5.41, 5.74) is 2.16. The van der Waals surface area contributed by atoms with Crippen LogP contribution >= 0.6 is 0 Å². The van der Waals surface area contributed by atoms with Crippen molar-refractivity contribution in [2.45, 2.75) is 25.6 Å². The molecule has 1 aliphatic rings. The highest BCUT2D eigenvalue weighted by Crippen LogP contribution is 2.24. The molecule has 1 aromatic heterocycles. The van der Waals surface area contributed by atoms with Crippen LogP contribution in [-0.4, -0.2) is 34.2 Å². The van der Waals surface area contributed by atoms with Crippen molar-refractivity contribution in [3.05, 3.63) is 53.6 Å². The first-order valence-electron chi connectivity index (χ1n) is 7.35. The van der Waals surface area contributed by atoms with Gasteiger partial charge in [-0.1, -0.05) is 12.1 Å². The summed E-state index contributed by atoms with van der Waals surface area (Å²) in [6.07, 6.45) is 2.18. The number of fused-ring (bicyclic) bond motifs is 1. The number of carbonyl (C=O) groups excluding carboxylic acids is 1. The zero-order valence-corrected chi connectivity index (χ0v) is 12.5. The van der Waals surface area contributed by atoms with E-state index in [-0.39, 0.29) is 17.8 Å². The van der Waals surface area contributed by atoms with Gasteiger partial charge in [-0.2, -0.15) is 5.10 Å². The van der Waals surface area contributed by atoms with Crippen LogP contribution in [0.2, 0.25) is 0 Å². The molecule has 1 aromatic carbocycles. The highest BCUT2D eigenvalue weighted by atomic mass is 19.1. The van der Waals surface area contributed by atoms with Gasteiger partial charge in [-0.15, -0.1) is 0 Å². The first-order valence-corrected chi connectivity index (χ1v) is 7.35. The molecule has 5 nitrogen and oxygen atoms in total. The average molecular weight is 302 g/mol. The third-order valence-corrected chi connectivity index (χ3v) is 3.97. The van der Waals surface area contributed by atoms with Gasteiger partial charge in [0.05, 0.1) is 18.2 Å². The summed E-state index contributed by atoms with van der Waals surface area (Å²) >= 11 is 0. The topological polar surface area (TPSA) is 50.2 Å². The van der Waals surface area contributed by atoms with E-state index in [1.165, 1.54) is 12.1 Å². The standard InChI is InChI=1S/C16H19FN4O/c1-18-16(22)8-15-11-20(10-14-6-7-19-21(14)15)9-12-2-4-13(17)5-3-12/h2-7,15H,8-11H2,1H3,(H,18,22)/t15-/m1/s1. The van der Waals surface area contributed by atoms with Gasteiger partial charge < -0.3 is 5.32 Å². The van der Waals surface area contributed by atoms with E-state index in [2.05, 4.69) is 15.3 Å². The van der Waals surface area contributed by atoms with Crippen molar-refractivity contribution >= 4 is 5.91 Å². The summed E-state index contributed by atoms with van der Waals surface area (Å²) < 4.78 is 14.9. The largest absolute Gasteiger partial charge is 0.359 e. The Bertz CT molecular complexity index is 652. The smallest absolute Gasteiger partial charge is 0.221 e. The molecule has 3 rings (SSSR count). The Kier molecular flexibility index (Phi) is 4.20. The monoisotopic (exact) mass is 302 g/mol. The van der Waals surface area contributed by atoms with Crippen molar-refractivity contribution in [3.8, 4) is 0 Å². The van der Waals surface area contributed by atoms with Crippen LogP contribution in [0.15, 0.2) is 36.5 Å². The molecule has 1 amide bonds. The molecule has 2 heterocycles. The molecule has 0 saturated heterocycles. The second-order valence-corrected chi connectivity index (χ2v) is 5.59. The lowest BCUT2D eigenvalue weighted by atomic mass is 10.1. The predicted molar refractivity (Wildman–Crippen MR) is 80.5 cm³/mol. The number of amides is 1. The molecular weight excluding hydrogens is 283 g/mol. The fraction of sp³-hybridized carbons (Fsp3) is 0.375. The van der Waals surface area contributed by atoms with E-state index in [9.17, 15) is 9.18 Å². The van der Waals surface area contributed by atoms with E-state index in [1.807, 2.05) is 10.7 Å². The molecule has 22 heavy (non-hydrogen) atoms. The number of halogens is 1. The number of nitrogens with zero attached hydrogens (tertiary/aromatic N) is 3. The van der Waals surface area contributed by atoms with E-state index in [0.29, 0.717) is 6.42 Å². The molecule has 1 atom stereocenters. The van der Waals surface area contributed by atoms with E-state index in [0.717, 1.165) is 30.9 Å². The van der Waals surface area contributed by atoms with Gasteiger partial charge in [0.2, 0.25) is 5.91 Å². The average Bonchev–Trinajstić information content (AvgIpc) is 2.98. The number of hydrogen-bond donors (Lipinski definition) is 1. The molecule has 116 valence electrons. The van der Waals surface area contributed by atoms with Crippen LogP contribution in [0.1, 0.15) is 23.7 Å². The van der Waals surface area contributed by atoms with E-state index >= 15 is 0 Å². The Morgan fingerprint density at radius 2 is 2.14 bits per heavy atom. The maximum Gasteiger partial charge on any atom is 0.221 e. The van der Waals surface area contributed by atoms with Gasteiger partial charge in [0.25, 0.3) is 0 Å². The summed E-state index contributed by atoms with van der Waals surface area (Å²) in [5, 5.41) is 7.00. The summed E-state index contributed by atoms with van der Waals surface area (Å²) in [5.74, 6) is -0.215. The fourth-order valence-corrected chi connectivity index (χ4v) is 2.90. The summed E-state index contributed by atoms with van der Waals surface area (Å²) in [4.78, 5) is 14.0. The molecule has 0 fully saturated rings. The Morgan fingerprint density at radius 3 is 2.86 bits per heavy atom. The van der Waals surface area contributed by atoms with Gasteiger partial charge in [0, 0.05) is 32.9 Å². The van der Waals surface area contributed by atoms with Gasteiger partial charge in [-0.05, 0) is 23.8 Å². The Balaban J connectivity index is 1.74. The lowest BCUT2D eigenvalue weighted by molar-refractivity contribution is -0.121. The molecular formula is C16H19FN4O. The van der Waals surface area contributed by atoms with Crippen molar-refractivity contribution in [3.63, 3.8) is 0 Å². The molecule has 0 spiro atoms. The Morgan fingerprint density at radius 1 is 1.36 bits per heavy atom. The summed E-state index contributed by atoms with van der Waals surface area (Å²) in [7, 11) is 1.64. The van der Waals surface area contributed by atoms with Crippen molar-refractivity contribution in [2.75, 3.05) is 13.6 Å². The van der Waals surface area contributed by atoms with E-state index < -0.39 is 0 Å². The minimum Gasteiger partial charge on any atom is -0.359 e. The third-order valence-electron chi connectivity index (χ3n) is 3.97. The molecule has 0 bridgehead atoms. The van der Waals surface area contributed by atoms with Crippen LogP contribution in [0, 0.1) is 5.82 Å². The number of aromatic nitrogens is 2. The fourth-order valence-electron chi connectivity index (χ4n) is 2.90. The minimum absolute atomic E-state index is 0.00934. The van der Waals surface area contributed by atoms with Crippen LogP contribution in [-0.2, 0) is 17.9 Å². The van der Waals surface area contributed by atoms with Crippen LogP contribution in [0.4, 0.5) is 4.39 Å². The molecule has 0 unspecified atom stereocenters. The summed E-state index contributed by atoms with van der Waals surface area (Å²) in [6.45, 7) is 2.26. The van der Waals surface area contributed by atoms with Crippen LogP contribution in [0.3, 0.4) is 0 Å². The number of hydrogen-bond acceptors (Lipinski definition) is 3. The highest BCUT2D eigenvalue weighted by Gasteiger charge is 2.27. The second-order valence-electron chi connectivity index (χ2n) is 5.59.